The Morgan fingerprint density at radius 1 is 0.920 bits per heavy atom. The Hall–Kier alpha value is -2.29. The van der Waals surface area contributed by atoms with Crippen LogP contribution < -0.4 is 4.74 Å². The molecule has 135 valence electrons. The zero-order valence-corrected chi connectivity index (χ0v) is 15.7. The third kappa shape index (κ3) is 11.0. The van der Waals surface area contributed by atoms with Gasteiger partial charge in [-0.05, 0) is 35.6 Å². The number of hydrogen-bond donors (Lipinski definition) is 0. The van der Waals surface area contributed by atoms with Crippen molar-refractivity contribution in [2.45, 2.75) is 34.1 Å². The van der Waals surface area contributed by atoms with E-state index in [0.717, 1.165) is 17.9 Å². The molecule has 2 rings (SSSR count). The summed E-state index contributed by atoms with van der Waals surface area (Å²) in [6.07, 6.45) is 0.369. The maximum Gasteiger partial charge on any atom is 0.310 e. The average Bonchev–Trinajstić information content (AvgIpc) is 2.60. The summed E-state index contributed by atoms with van der Waals surface area (Å²) in [4.78, 5) is 11.3. The molecule has 0 fully saturated rings. The van der Waals surface area contributed by atoms with Crippen LogP contribution >= 0.6 is 0 Å². The smallest absolute Gasteiger partial charge is 0.310 e. The van der Waals surface area contributed by atoms with Gasteiger partial charge in [-0.1, -0.05) is 70.2 Å². The highest BCUT2D eigenvalue weighted by atomic mass is 16.5. The monoisotopic (exact) mass is 341 g/mol. The molecule has 0 aromatic heterocycles. The van der Waals surface area contributed by atoms with Gasteiger partial charge < -0.3 is 9.47 Å². The molecule has 0 N–H and O–H groups in total. The van der Waals surface area contributed by atoms with E-state index in [1.54, 1.807) is 0 Å². The molecule has 25 heavy (non-hydrogen) atoms. The van der Waals surface area contributed by atoms with Crippen molar-refractivity contribution in [3.05, 3.63) is 66.2 Å². The fraction of sp³-hybridized carbons (Fsp3) is 0.409. The lowest BCUT2D eigenvalue weighted by Gasteiger charge is -2.07. The highest BCUT2D eigenvalue weighted by molar-refractivity contribution is 5.72. The highest BCUT2D eigenvalue weighted by Gasteiger charge is 2.04. The van der Waals surface area contributed by atoms with Gasteiger partial charge in [0, 0.05) is 0 Å². The van der Waals surface area contributed by atoms with Gasteiger partial charge in [0.2, 0.25) is 0 Å². The van der Waals surface area contributed by atoms with E-state index >= 15 is 0 Å². The summed E-state index contributed by atoms with van der Waals surface area (Å²) in [5.74, 6) is 1.76. The predicted molar refractivity (Wildman–Crippen MR) is 102 cm³/mol. The molecule has 3 heteroatoms. The van der Waals surface area contributed by atoms with Crippen molar-refractivity contribution in [3.8, 4) is 5.75 Å². The number of hydrogen-bond acceptors (Lipinski definition) is 3. The van der Waals surface area contributed by atoms with Crippen LogP contribution in [0.1, 0.15) is 33.3 Å². The minimum Gasteiger partial charge on any atom is -0.493 e. The minimum atomic E-state index is -0.148. The zero-order valence-electron chi connectivity index (χ0n) is 15.7. The van der Waals surface area contributed by atoms with Gasteiger partial charge in [-0.25, -0.2) is 0 Å². The molecular weight excluding hydrogens is 312 g/mol. The van der Waals surface area contributed by atoms with Gasteiger partial charge in [0.25, 0.3) is 0 Å². The third-order valence-electron chi connectivity index (χ3n) is 3.04. The molecule has 0 saturated carbocycles. The maximum atomic E-state index is 11.3. The molecule has 0 bridgehead atoms. The van der Waals surface area contributed by atoms with Gasteiger partial charge in [-0.3, -0.25) is 4.79 Å². The number of benzene rings is 2. The van der Waals surface area contributed by atoms with Gasteiger partial charge in [0.1, 0.15) is 5.75 Å². The first-order valence-electron chi connectivity index (χ1n) is 8.75. The summed E-state index contributed by atoms with van der Waals surface area (Å²) in [5.41, 5.74) is 1.00. The van der Waals surface area contributed by atoms with E-state index in [1.807, 2.05) is 68.4 Å². The molecule has 0 heterocycles. The molecule has 0 unspecified atom stereocenters. The van der Waals surface area contributed by atoms with E-state index in [1.165, 1.54) is 0 Å². The Labute approximate surface area is 152 Å². The van der Waals surface area contributed by atoms with Crippen LogP contribution in [0.2, 0.25) is 0 Å². The fourth-order valence-corrected chi connectivity index (χ4v) is 1.80. The van der Waals surface area contributed by atoms with Crippen molar-refractivity contribution in [2.24, 2.45) is 11.8 Å². The van der Waals surface area contributed by atoms with Crippen molar-refractivity contribution in [1.29, 1.82) is 0 Å². The van der Waals surface area contributed by atoms with Crippen LogP contribution in [0.3, 0.4) is 0 Å². The summed E-state index contributed by atoms with van der Waals surface area (Å²) in [6, 6.07) is 20.1. The lowest BCUT2D eigenvalue weighted by Crippen LogP contribution is -2.12. The van der Waals surface area contributed by atoms with E-state index in [2.05, 4.69) is 19.9 Å². The molecule has 0 amide bonds. The topological polar surface area (TPSA) is 35.5 Å². The largest absolute Gasteiger partial charge is 0.493 e. The van der Waals surface area contributed by atoms with Crippen molar-refractivity contribution < 1.29 is 14.3 Å². The number of carbonyl (C=O) groups is 1. The van der Waals surface area contributed by atoms with Gasteiger partial charge in [0.15, 0.2) is 0 Å². The van der Waals surface area contributed by atoms with Crippen molar-refractivity contribution in [1.82, 2.24) is 0 Å². The number of ether oxygens (including phenoxy) is 2. The molecule has 2 aromatic rings. The van der Waals surface area contributed by atoms with Gasteiger partial charge >= 0.3 is 5.97 Å². The normalized spacial score (nSPS) is 10.2. The van der Waals surface area contributed by atoms with Crippen LogP contribution in [0.25, 0.3) is 0 Å². The molecule has 1 radical (unpaired) electrons. The molecule has 0 aliphatic carbocycles. The molecule has 0 atom stereocenters. The van der Waals surface area contributed by atoms with Crippen LogP contribution in [-0.4, -0.2) is 19.2 Å². The van der Waals surface area contributed by atoms with Crippen molar-refractivity contribution >= 4 is 5.97 Å². The zero-order chi connectivity index (χ0) is 18.5. The molecule has 3 nitrogen and oxygen atoms in total. The van der Waals surface area contributed by atoms with Crippen LogP contribution in [0.5, 0.6) is 5.75 Å². The number of esters is 1. The standard InChI is InChI=1S/C12H16O2.C10H13O/c1-10(2)9-14-12(13)8-11-6-4-3-5-7-11;1-9(2)8-11-10-6-4-3-5-7-10/h3-7,10H,8-9H2,1-2H3;4-7,9H,8H2,1-2H3. The van der Waals surface area contributed by atoms with Crippen LogP contribution in [0, 0.1) is 17.9 Å². The summed E-state index contributed by atoms with van der Waals surface area (Å²) in [5, 5.41) is 0. The van der Waals surface area contributed by atoms with E-state index in [9.17, 15) is 4.79 Å². The molecule has 2 aromatic carbocycles. The third-order valence-corrected chi connectivity index (χ3v) is 3.04. The summed E-state index contributed by atoms with van der Waals surface area (Å²) in [7, 11) is 0. The van der Waals surface area contributed by atoms with Crippen molar-refractivity contribution in [2.75, 3.05) is 13.2 Å². The predicted octanol–water partition coefficient (Wildman–Crippen LogP) is 4.95. The Bertz CT molecular complexity index is 577. The Morgan fingerprint density at radius 3 is 2.08 bits per heavy atom. The number of carbonyl (C=O) groups excluding carboxylic acids is 1. The molecule has 0 aliphatic rings. The van der Waals surface area contributed by atoms with Gasteiger partial charge in [-0.15, -0.1) is 0 Å². The summed E-state index contributed by atoms with van der Waals surface area (Å²) < 4.78 is 10.5. The fourth-order valence-electron chi connectivity index (χ4n) is 1.80. The Kier molecular flexibility index (Phi) is 10.1. The SMILES string of the molecule is CC(C)COC(=O)Cc1ccccc1.CC(C)COc1cc[c]cc1. The quantitative estimate of drug-likeness (QED) is 0.668. The van der Waals surface area contributed by atoms with E-state index in [0.29, 0.717) is 24.9 Å². The van der Waals surface area contributed by atoms with Gasteiger partial charge in [0.05, 0.1) is 19.6 Å². The Balaban J connectivity index is 0.000000257. The molecule has 0 spiro atoms. The molecule has 0 aliphatic heterocycles. The first-order valence-corrected chi connectivity index (χ1v) is 8.75. The lowest BCUT2D eigenvalue weighted by atomic mass is 10.1. The molecule has 0 saturated heterocycles. The average molecular weight is 341 g/mol. The summed E-state index contributed by atoms with van der Waals surface area (Å²) >= 11 is 0. The van der Waals surface area contributed by atoms with Gasteiger partial charge in [-0.2, -0.15) is 0 Å². The second-order valence-corrected chi connectivity index (χ2v) is 6.68. The van der Waals surface area contributed by atoms with Crippen LogP contribution in [-0.2, 0) is 16.0 Å². The van der Waals surface area contributed by atoms with E-state index < -0.39 is 0 Å². The summed E-state index contributed by atoms with van der Waals surface area (Å²) in [6.45, 7) is 9.60. The second-order valence-electron chi connectivity index (χ2n) is 6.68. The Morgan fingerprint density at radius 2 is 1.52 bits per heavy atom. The van der Waals surface area contributed by atoms with Crippen LogP contribution in [0.15, 0.2) is 54.6 Å². The van der Waals surface area contributed by atoms with E-state index in [-0.39, 0.29) is 5.97 Å². The lowest BCUT2D eigenvalue weighted by molar-refractivity contribution is -0.143. The minimum absolute atomic E-state index is 0.148. The highest BCUT2D eigenvalue weighted by Crippen LogP contribution is 2.09. The molecular formula is C22H29O3. The van der Waals surface area contributed by atoms with Crippen molar-refractivity contribution in [3.63, 3.8) is 0 Å². The first kappa shape index (κ1) is 20.8. The number of rotatable bonds is 7. The van der Waals surface area contributed by atoms with Crippen LogP contribution in [0.4, 0.5) is 0 Å². The second kappa shape index (κ2) is 12.1. The van der Waals surface area contributed by atoms with E-state index in [4.69, 9.17) is 9.47 Å². The first-order chi connectivity index (χ1) is 12.0. The maximum absolute atomic E-state index is 11.3.